The van der Waals surface area contributed by atoms with Crippen LogP contribution in [0.4, 0.5) is 5.69 Å². The molecule has 0 aliphatic heterocycles. The number of nitrogens with two attached hydrogens (primary N) is 1. The average Bonchev–Trinajstić information content (AvgIpc) is 2.28. The van der Waals surface area contributed by atoms with Gasteiger partial charge in [0, 0.05) is 23.8 Å². The minimum absolute atomic E-state index is 0.0102. The van der Waals surface area contributed by atoms with Crippen LogP contribution in [-0.2, 0) is 10.0 Å². The Morgan fingerprint density at radius 3 is 2.68 bits per heavy atom. The Morgan fingerprint density at radius 2 is 2.11 bits per heavy atom. The maximum Gasteiger partial charge on any atom is 0.253 e. The highest BCUT2D eigenvalue weighted by atomic mass is 35.5. The Morgan fingerprint density at radius 1 is 1.42 bits per heavy atom. The maximum absolute atomic E-state index is 11.8. The summed E-state index contributed by atoms with van der Waals surface area (Å²) in [4.78, 5) is 11.8. The van der Waals surface area contributed by atoms with E-state index < -0.39 is 15.9 Å². The number of nitrogen functional groups attached to an aromatic ring is 1. The van der Waals surface area contributed by atoms with Crippen LogP contribution < -0.4 is 15.8 Å². The molecule has 4 N–H and O–H groups in total. The number of nitrogens with one attached hydrogen (secondary N) is 2. The molecule has 1 amide bonds. The lowest BCUT2D eigenvalue weighted by atomic mass is 10.1. The van der Waals surface area contributed by atoms with E-state index in [0.717, 1.165) is 0 Å². The molecule has 0 saturated carbocycles. The van der Waals surface area contributed by atoms with Crippen molar-refractivity contribution in [1.29, 1.82) is 0 Å². The van der Waals surface area contributed by atoms with E-state index >= 15 is 0 Å². The molecule has 1 aromatic rings. The maximum atomic E-state index is 11.8. The molecule has 0 unspecified atom stereocenters. The van der Waals surface area contributed by atoms with Crippen molar-refractivity contribution in [3.8, 4) is 0 Å². The van der Waals surface area contributed by atoms with Crippen LogP contribution in [0.25, 0.3) is 0 Å². The lowest BCUT2D eigenvalue weighted by Crippen LogP contribution is -2.34. The second-order valence-electron chi connectivity index (χ2n) is 3.80. The topological polar surface area (TPSA) is 101 Å². The summed E-state index contributed by atoms with van der Waals surface area (Å²) in [7, 11) is -3.34. The number of carbonyl (C=O) groups excluding carboxylic acids is 1. The SMILES string of the molecule is CCNS(=O)(=O)CCNC(=O)c1ccc(Cl)cc1N. The fraction of sp³-hybridized carbons (Fsp3) is 0.364. The minimum atomic E-state index is -3.34. The number of rotatable bonds is 6. The van der Waals surface area contributed by atoms with E-state index in [1.54, 1.807) is 13.0 Å². The fourth-order valence-corrected chi connectivity index (χ4v) is 2.56. The van der Waals surface area contributed by atoms with Gasteiger partial charge in [-0.3, -0.25) is 4.79 Å². The number of halogens is 1. The van der Waals surface area contributed by atoms with E-state index in [9.17, 15) is 13.2 Å². The van der Waals surface area contributed by atoms with Gasteiger partial charge in [-0.1, -0.05) is 18.5 Å². The van der Waals surface area contributed by atoms with Gasteiger partial charge in [0.15, 0.2) is 0 Å². The van der Waals surface area contributed by atoms with Gasteiger partial charge in [-0.2, -0.15) is 0 Å². The summed E-state index contributed by atoms with van der Waals surface area (Å²) in [6.07, 6.45) is 0. The fourth-order valence-electron chi connectivity index (χ4n) is 1.43. The third kappa shape index (κ3) is 5.06. The summed E-state index contributed by atoms with van der Waals surface area (Å²) in [6, 6.07) is 4.50. The molecule has 8 heteroatoms. The largest absolute Gasteiger partial charge is 0.398 e. The van der Waals surface area contributed by atoms with Crippen molar-refractivity contribution in [3.63, 3.8) is 0 Å². The molecule has 0 saturated heterocycles. The van der Waals surface area contributed by atoms with Gasteiger partial charge in [0.05, 0.1) is 11.3 Å². The zero-order valence-electron chi connectivity index (χ0n) is 10.4. The molecule has 0 spiro atoms. The third-order valence-electron chi connectivity index (χ3n) is 2.28. The molecule has 1 aromatic carbocycles. The van der Waals surface area contributed by atoms with E-state index in [2.05, 4.69) is 10.0 Å². The number of anilines is 1. The van der Waals surface area contributed by atoms with E-state index in [1.165, 1.54) is 12.1 Å². The smallest absolute Gasteiger partial charge is 0.253 e. The molecule has 19 heavy (non-hydrogen) atoms. The first-order valence-corrected chi connectivity index (χ1v) is 7.69. The van der Waals surface area contributed by atoms with Gasteiger partial charge in [-0.15, -0.1) is 0 Å². The highest BCUT2D eigenvalue weighted by molar-refractivity contribution is 7.89. The molecule has 0 heterocycles. The van der Waals surface area contributed by atoms with Crippen LogP contribution >= 0.6 is 11.6 Å². The van der Waals surface area contributed by atoms with Crippen molar-refractivity contribution in [2.45, 2.75) is 6.92 Å². The zero-order valence-corrected chi connectivity index (χ0v) is 12.0. The van der Waals surface area contributed by atoms with Crippen molar-refractivity contribution in [3.05, 3.63) is 28.8 Å². The van der Waals surface area contributed by atoms with Crippen molar-refractivity contribution in [2.75, 3.05) is 24.6 Å². The van der Waals surface area contributed by atoms with E-state index in [4.69, 9.17) is 17.3 Å². The normalized spacial score (nSPS) is 11.3. The van der Waals surface area contributed by atoms with Crippen molar-refractivity contribution in [2.24, 2.45) is 0 Å². The number of benzene rings is 1. The summed E-state index contributed by atoms with van der Waals surface area (Å²) in [5.41, 5.74) is 6.17. The van der Waals surface area contributed by atoms with Gasteiger partial charge >= 0.3 is 0 Å². The molecule has 0 atom stereocenters. The highest BCUT2D eigenvalue weighted by Crippen LogP contribution is 2.17. The summed E-state index contributed by atoms with van der Waals surface area (Å²) in [5, 5.41) is 2.93. The van der Waals surface area contributed by atoms with Gasteiger partial charge in [-0.25, -0.2) is 13.1 Å². The lowest BCUT2D eigenvalue weighted by molar-refractivity contribution is 0.0957. The van der Waals surface area contributed by atoms with Crippen LogP contribution in [0.2, 0.25) is 5.02 Å². The molecule has 0 fully saturated rings. The van der Waals surface area contributed by atoms with Gasteiger partial charge < -0.3 is 11.1 Å². The first-order valence-electron chi connectivity index (χ1n) is 5.66. The minimum Gasteiger partial charge on any atom is -0.398 e. The Labute approximate surface area is 117 Å². The van der Waals surface area contributed by atoms with Gasteiger partial charge in [0.1, 0.15) is 0 Å². The van der Waals surface area contributed by atoms with E-state index in [0.29, 0.717) is 11.6 Å². The van der Waals surface area contributed by atoms with Crippen LogP contribution in [-0.4, -0.2) is 33.2 Å². The first-order chi connectivity index (χ1) is 8.85. The van der Waals surface area contributed by atoms with Crippen LogP contribution in [0.3, 0.4) is 0 Å². The lowest BCUT2D eigenvalue weighted by Gasteiger charge is -2.08. The summed E-state index contributed by atoms with van der Waals surface area (Å²) < 4.78 is 25.0. The predicted molar refractivity (Wildman–Crippen MR) is 75.7 cm³/mol. The zero-order chi connectivity index (χ0) is 14.5. The highest BCUT2D eigenvalue weighted by Gasteiger charge is 2.12. The van der Waals surface area contributed by atoms with Crippen LogP contribution in [0.15, 0.2) is 18.2 Å². The monoisotopic (exact) mass is 305 g/mol. The Hall–Kier alpha value is -1.31. The molecule has 106 valence electrons. The molecule has 0 aliphatic rings. The second-order valence-corrected chi connectivity index (χ2v) is 6.17. The van der Waals surface area contributed by atoms with Gasteiger partial charge in [0.25, 0.3) is 5.91 Å². The Bertz CT molecular complexity index is 560. The molecular formula is C11H16ClN3O3S. The Kier molecular flexibility index (Phi) is 5.59. The number of carbonyl (C=O) groups is 1. The van der Waals surface area contributed by atoms with Crippen LogP contribution in [0.5, 0.6) is 0 Å². The van der Waals surface area contributed by atoms with Crippen molar-refractivity contribution >= 4 is 33.2 Å². The summed E-state index contributed by atoms with van der Waals surface area (Å²) >= 11 is 5.72. The van der Waals surface area contributed by atoms with Crippen LogP contribution in [0.1, 0.15) is 17.3 Å². The molecule has 0 aromatic heterocycles. The Balaban J connectivity index is 2.57. The van der Waals surface area contributed by atoms with Gasteiger partial charge in [0.2, 0.25) is 10.0 Å². The van der Waals surface area contributed by atoms with Crippen molar-refractivity contribution in [1.82, 2.24) is 10.0 Å². The molecule has 1 rings (SSSR count). The predicted octanol–water partition coefficient (Wildman–Crippen LogP) is 0.591. The molecule has 0 radical (unpaired) electrons. The summed E-state index contributed by atoms with van der Waals surface area (Å²) in [6.45, 7) is 2.02. The van der Waals surface area contributed by atoms with Gasteiger partial charge in [-0.05, 0) is 18.2 Å². The third-order valence-corrected chi connectivity index (χ3v) is 3.98. The first kappa shape index (κ1) is 15.7. The number of sulfonamides is 1. The average molecular weight is 306 g/mol. The number of amides is 1. The second kappa shape index (κ2) is 6.74. The molecule has 6 nitrogen and oxygen atoms in total. The number of hydrogen-bond acceptors (Lipinski definition) is 4. The standard InChI is InChI=1S/C11H16ClN3O3S/c1-2-15-19(17,18)6-5-14-11(16)9-4-3-8(12)7-10(9)13/h3-4,7,15H,2,5-6,13H2,1H3,(H,14,16). The summed E-state index contributed by atoms with van der Waals surface area (Å²) in [5.74, 6) is -0.610. The van der Waals surface area contributed by atoms with E-state index in [1.807, 2.05) is 0 Å². The molecule has 0 bridgehead atoms. The quantitative estimate of drug-likeness (QED) is 0.670. The number of hydrogen-bond donors (Lipinski definition) is 3. The molecule has 0 aliphatic carbocycles. The van der Waals surface area contributed by atoms with Crippen LogP contribution in [0, 0.1) is 0 Å². The van der Waals surface area contributed by atoms with E-state index in [-0.39, 0.29) is 23.5 Å². The molecular weight excluding hydrogens is 290 g/mol. The van der Waals surface area contributed by atoms with Crippen molar-refractivity contribution < 1.29 is 13.2 Å².